The highest BCUT2D eigenvalue weighted by molar-refractivity contribution is 14.1. The van der Waals surface area contributed by atoms with E-state index >= 15 is 0 Å². The Labute approximate surface area is 182 Å². The van der Waals surface area contributed by atoms with Crippen LogP contribution in [0.15, 0.2) is 47.6 Å². The predicted octanol–water partition coefficient (Wildman–Crippen LogP) is 4.35. The van der Waals surface area contributed by atoms with Gasteiger partial charge in [0.15, 0.2) is 11.0 Å². The second kappa shape index (κ2) is 9.42. The van der Waals surface area contributed by atoms with E-state index in [2.05, 4.69) is 50.2 Å². The molecule has 0 fully saturated rings. The number of thioether (sulfide) groups is 1. The van der Waals surface area contributed by atoms with Gasteiger partial charge in [-0.15, -0.1) is 10.2 Å². The smallest absolute Gasteiger partial charge is 0.234 e. The number of hydrogen-bond acceptors (Lipinski definition) is 5. The molecule has 1 heterocycles. The third-order valence-electron chi connectivity index (χ3n) is 4.13. The van der Waals surface area contributed by atoms with Crippen LogP contribution in [0.5, 0.6) is 5.75 Å². The van der Waals surface area contributed by atoms with Crippen LogP contribution < -0.4 is 10.1 Å². The molecule has 0 atom stereocenters. The van der Waals surface area contributed by atoms with E-state index in [0.29, 0.717) is 17.6 Å². The Hall–Kier alpha value is -2.07. The van der Waals surface area contributed by atoms with Gasteiger partial charge in [0.1, 0.15) is 12.4 Å². The first kappa shape index (κ1) is 20.7. The number of carbonyl (C=O) groups excluding carboxylic acids is 1. The molecule has 0 radical (unpaired) electrons. The van der Waals surface area contributed by atoms with Gasteiger partial charge in [-0.3, -0.25) is 4.79 Å². The number of halogens is 1. The number of hydrogen-bond donors (Lipinski definition) is 1. The van der Waals surface area contributed by atoms with Gasteiger partial charge in [-0.1, -0.05) is 30.0 Å². The maximum absolute atomic E-state index is 12.4. The van der Waals surface area contributed by atoms with Gasteiger partial charge in [-0.05, 0) is 71.8 Å². The fourth-order valence-corrected chi connectivity index (χ4v) is 4.34. The summed E-state index contributed by atoms with van der Waals surface area (Å²) in [5.74, 6) is 1.68. The lowest BCUT2D eigenvalue weighted by Gasteiger charge is -2.12. The van der Waals surface area contributed by atoms with Crippen molar-refractivity contribution in [3.63, 3.8) is 0 Å². The minimum Gasteiger partial charge on any atom is -0.486 e. The van der Waals surface area contributed by atoms with Crippen LogP contribution in [-0.4, -0.2) is 26.4 Å². The largest absolute Gasteiger partial charge is 0.486 e. The van der Waals surface area contributed by atoms with E-state index in [4.69, 9.17) is 4.74 Å². The molecule has 3 aromatic rings. The van der Waals surface area contributed by atoms with E-state index in [1.165, 1.54) is 11.8 Å². The molecule has 1 amide bonds. The monoisotopic (exact) mass is 508 g/mol. The lowest BCUT2D eigenvalue weighted by Crippen LogP contribution is -2.16. The third-order valence-corrected chi connectivity index (χ3v) is 5.77. The summed E-state index contributed by atoms with van der Waals surface area (Å²) in [5.41, 5.74) is 2.99. The zero-order valence-electron chi connectivity index (χ0n) is 15.9. The molecule has 0 saturated carbocycles. The number of amides is 1. The molecular weight excluding hydrogens is 487 g/mol. The summed E-state index contributed by atoms with van der Waals surface area (Å²) in [6.07, 6.45) is 0. The molecule has 0 aliphatic heterocycles. The summed E-state index contributed by atoms with van der Waals surface area (Å²) in [6, 6.07) is 13.7. The maximum atomic E-state index is 12.4. The van der Waals surface area contributed by atoms with Crippen LogP contribution in [0.4, 0.5) is 5.69 Å². The van der Waals surface area contributed by atoms with Gasteiger partial charge in [0.2, 0.25) is 5.91 Å². The first-order valence-electron chi connectivity index (χ1n) is 8.69. The zero-order chi connectivity index (χ0) is 20.1. The fraction of sp³-hybridized carbons (Fsp3) is 0.250. The number of rotatable bonds is 7. The number of para-hydroxylation sites is 1. The predicted molar refractivity (Wildman–Crippen MR) is 120 cm³/mol. The molecule has 0 saturated heterocycles. The number of nitrogens with zero attached hydrogens (tertiary/aromatic N) is 3. The summed E-state index contributed by atoms with van der Waals surface area (Å²) >= 11 is 3.63. The highest BCUT2D eigenvalue weighted by Gasteiger charge is 2.13. The lowest BCUT2D eigenvalue weighted by atomic mass is 10.1. The van der Waals surface area contributed by atoms with Gasteiger partial charge < -0.3 is 14.6 Å². The number of benzene rings is 2. The molecule has 8 heteroatoms. The molecule has 0 aliphatic rings. The zero-order valence-corrected chi connectivity index (χ0v) is 18.9. The van der Waals surface area contributed by atoms with Crippen molar-refractivity contribution in [3.8, 4) is 5.75 Å². The Bertz CT molecular complexity index is 953. The molecule has 0 bridgehead atoms. The average Bonchev–Trinajstić information content (AvgIpc) is 3.02. The van der Waals surface area contributed by atoms with Crippen LogP contribution in [0, 0.1) is 17.4 Å². The van der Waals surface area contributed by atoms with Gasteiger partial charge in [0, 0.05) is 16.3 Å². The molecule has 3 rings (SSSR count). The highest BCUT2D eigenvalue weighted by Crippen LogP contribution is 2.24. The molecule has 0 spiro atoms. The molecule has 1 N–H and O–H groups in total. The van der Waals surface area contributed by atoms with Gasteiger partial charge in [-0.2, -0.15) is 0 Å². The number of nitrogens with one attached hydrogen (secondary N) is 1. The molecule has 146 valence electrons. The Morgan fingerprint density at radius 3 is 2.54 bits per heavy atom. The van der Waals surface area contributed by atoms with Crippen LogP contribution in [0.1, 0.15) is 17.0 Å². The summed E-state index contributed by atoms with van der Waals surface area (Å²) in [4.78, 5) is 12.4. The first-order valence-corrected chi connectivity index (χ1v) is 10.8. The first-order chi connectivity index (χ1) is 13.4. The molecule has 2 aromatic carbocycles. The van der Waals surface area contributed by atoms with E-state index in [1.807, 2.05) is 55.8 Å². The van der Waals surface area contributed by atoms with E-state index in [1.54, 1.807) is 0 Å². The average molecular weight is 508 g/mol. The summed E-state index contributed by atoms with van der Waals surface area (Å²) in [5, 5.41) is 12.0. The molecular formula is C20H21IN4O2S. The van der Waals surface area contributed by atoms with Crippen LogP contribution in [0.3, 0.4) is 0 Å². The molecule has 0 aliphatic carbocycles. The van der Waals surface area contributed by atoms with Gasteiger partial charge >= 0.3 is 0 Å². The number of carbonyl (C=O) groups is 1. The maximum Gasteiger partial charge on any atom is 0.234 e. The van der Waals surface area contributed by atoms with Crippen LogP contribution >= 0.6 is 34.4 Å². The van der Waals surface area contributed by atoms with Crippen molar-refractivity contribution in [1.29, 1.82) is 0 Å². The van der Waals surface area contributed by atoms with Crippen molar-refractivity contribution < 1.29 is 9.53 Å². The number of aryl methyl sites for hydroxylation is 2. The number of ether oxygens (including phenoxy) is 1. The van der Waals surface area contributed by atoms with Gasteiger partial charge in [0.05, 0.1) is 5.75 Å². The van der Waals surface area contributed by atoms with Gasteiger partial charge in [0.25, 0.3) is 0 Å². The van der Waals surface area contributed by atoms with E-state index < -0.39 is 0 Å². The Morgan fingerprint density at radius 1 is 1.18 bits per heavy atom. The van der Waals surface area contributed by atoms with Crippen molar-refractivity contribution >= 4 is 45.9 Å². The molecule has 6 nitrogen and oxygen atoms in total. The second-order valence-electron chi connectivity index (χ2n) is 6.31. The Morgan fingerprint density at radius 2 is 1.86 bits per heavy atom. The number of anilines is 1. The van der Waals surface area contributed by atoms with Crippen molar-refractivity contribution in [1.82, 2.24) is 14.8 Å². The quantitative estimate of drug-likeness (QED) is 0.380. The minimum absolute atomic E-state index is 0.0671. The van der Waals surface area contributed by atoms with Crippen LogP contribution in [0.25, 0.3) is 0 Å². The molecule has 0 unspecified atom stereocenters. The summed E-state index contributed by atoms with van der Waals surface area (Å²) < 4.78 is 8.72. The van der Waals surface area contributed by atoms with E-state index in [9.17, 15) is 4.79 Å². The number of aromatic nitrogens is 3. The third kappa shape index (κ3) is 5.26. The van der Waals surface area contributed by atoms with E-state index in [0.717, 1.165) is 26.1 Å². The molecule has 28 heavy (non-hydrogen) atoms. The standard InChI is InChI=1S/C20H21IN4O2S/c1-13-9-15(21)10-14(2)19(13)22-18(26)12-28-20-24-23-17(25(20)3)11-27-16-7-5-4-6-8-16/h4-10H,11-12H2,1-3H3,(H,22,26). The lowest BCUT2D eigenvalue weighted by molar-refractivity contribution is -0.113. The summed E-state index contributed by atoms with van der Waals surface area (Å²) in [6.45, 7) is 4.32. The second-order valence-corrected chi connectivity index (χ2v) is 8.50. The fourth-order valence-electron chi connectivity index (χ4n) is 2.67. The van der Waals surface area contributed by atoms with Crippen molar-refractivity contribution in [2.45, 2.75) is 25.6 Å². The van der Waals surface area contributed by atoms with Crippen LogP contribution in [0.2, 0.25) is 0 Å². The highest BCUT2D eigenvalue weighted by atomic mass is 127. The van der Waals surface area contributed by atoms with Crippen LogP contribution in [-0.2, 0) is 18.4 Å². The van der Waals surface area contributed by atoms with E-state index in [-0.39, 0.29) is 11.7 Å². The molecule has 1 aromatic heterocycles. The summed E-state index contributed by atoms with van der Waals surface area (Å²) in [7, 11) is 1.87. The topological polar surface area (TPSA) is 69.0 Å². The van der Waals surface area contributed by atoms with Crippen molar-refractivity contribution in [2.75, 3.05) is 11.1 Å². The Kier molecular flexibility index (Phi) is 6.95. The normalized spacial score (nSPS) is 10.7. The Balaban J connectivity index is 1.56. The minimum atomic E-state index is -0.0671. The SMILES string of the molecule is Cc1cc(I)cc(C)c1NC(=O)CSc1nnc(COc2ccccc2)n1C. The van der Waals surface area contributed by atoms with Crippen molar-refractivity contribution in [2.24, 2.45) is 7.05 Å². The van der Waals surface area contributed by atoms with Gasteiger partial charge in [-0.25, -0.2) is 0 Å². The van der Waals surface area contributed by atoms with Crippen molar-refractivity contribution in [3.05, 3.63) is 63.0 Å².